The molecule has 0 saturated heterocycles. The van der Waals surface area contributed by atoms with E-state index in [0.29, 0.717) is 25.8 Å². The van der Waals surface area contributed by atoms with Crippen molar-refractivity contribution in [1.29, 1.82) is 0 Å². The van der Waals surface area contributed by atoms with Gasteiger partial charge in [-0.2, -0.15) is 4.98 Å². The number of hydrogen-bond acceptors (Lipinski definition) is 9. The predicted molar refractivity (Wildman–Crippen MR) is 98.4 cm³/mol. The number of urea groups is 1. The number of aliphatic hydroxyl groups excluding tert-OH is 2. The molecule has 0 aliphatic carbocycles. The Hall–Kier alpha value is -2.77. The fourth-order valence-corrected chi connectivity index (χ4v) is 2.35. The Bertz CT molecular complexity index is 680. The lowest BCUT2D eigenvalue weighted by Crippen LogP contribution is -2.51. The molecule has 2 unspecified atom stereocenters. The van der Waals surface area contributed by atoms with E-state index >= 15 is 0 Å². The molecule has 0 bridgehead atoms. The van der Waals surface area contributed by atoms with Crippen LogP contribution in [0.15, 0.2) is 4.52 Å². The van der Waals surface area contributed by atoms with Crippen LogP contribution in [-0.2, 0) is 9.59 Å². The Balaban J connectivity index is 2.81. The smallest absolute Gasteiger partial charge is 0.328 e. The predicted octanol–water partition coefficient (Wildman–Crippen LogP) is -1.46. The highest BCUT2D eigenvalue weighted by Gasteiger charge is 2.28. The van der Waals surface area contributed by atoms with Crippen molar-refractivity contribution < 1.29 is 34.2 Å². The topological polar surface area (TPSA) is 213 Å². The van der Waals surface area contributed by atoms with Crippen molar-refractivity contribution in [2.24, 2.45) is 5.73 Å². The second kappa shape index (κ2) is 11.9. The van der Waals surface area contributed by atoms with Gasteiger partial charge in [0.1, 0.15) is 6.04 Å². The van der Waals surface area contributed by atoms with E-state index in [4.69, 9.17) is 20.5 Å². The number of aliphatic carboxylic acids is 1. The molecule has 1 aromatic heterocycles. The summed E-state index contributed by atoms with van der Waals surface area (Å²) in [5.41, 5.74) is 5.64. The van der Waals surface area contributed by atoms with Gasteiger partial charge < -0.3 is 41.5 Å². The van der Waals surface area contributed by atoms with Gasteiger partial charge >= 0.3 is 12.0 Å². The summed E-state index contributed by atoms with van der Waals surface area (Å²) < 4.78 is 5.12. The summed E-state index contributed by atoms with van der Waals surface area (Å²) in [6, 6.07) is -3.98. The summed E-state index contributed by atoms with van der Waals surface area (Å²) in [5.74, 6) is -1.46. The van der Waals surface area contributed by atoms with E-state index in [1.165, 1.54) is 13.8 Å². The van der Waals surface area contributed by atoms with Crippen LogP contribution in [0.5, 0.6) is 0 Å². The van der Waals surface area contributed by atoms with Crippen LogP contribution < -0.4 is 21.7 Å². The van der Waals surface area contributed by atoms with E-state index in [1.54, 1.807) is 0 Å². The summed E-state index contributed by atoms with van der Waals surface area (Å²) in [7, 11) is 0. The Morgan fingerprint density at radius 1 is 1.24 bits per heavy atom. The third kappa shape index (κ3) is 8.41. The molecular weight excluding hydrogens is 388 g/mol. The van der Waals surface area contributed by atoms with Crippen molar-refractivity contribution in [2.45, 2.75) is 57.3 Å². The van der Waals surface area contributed by atoms with Gasteiger partial charge in [0.15, 0.2) is 11.9 Å². The molecule has 4 atom stereocenters. The minimum atomic E-state index is -1.50. The zero-order valence-electron chi connectivity index (χ0n) is 16.3. The maximum Gasteiger partial charge on any atom is 0.328 e. The lowest BCUT2D eigenvalue weighted by Gasteiger charge is -2.20. The number of aromatic nitrogens is 2. The molecule has 0 saturated carbocycles. The number of carbonyl (C=O) groups is 3. The summed E-state index contributed by atoms with van der Waals surface area (Å²) in [4.78, 5) is 38.3. The fraction of sp³-hybridized carbons (Fsp3) is 0.688. The number of carboxylic acids is 1. The van der Waals surface area contributed by atoms with E-state index in [9.17, 15) is 19.5 Å². The molecule has 1 aromatic rings. The number of nitrogens with two attached hydrogens (primary N) is 1. The molecule has 1 heterocycles. The van der Waals surface area contributed by atoms with Crippen LogP contribution >= 0.6 is 0 Å². The van der Waals surface area contributed by atoms with Crippen LogP contribution in [0.4, 0.5) is 4.79 Å². The van der Waals surface area contributed by atoms with Crippen LogP contribution in [0.2, 0.25) is 0 Å². The molecule has 0 aromatic carbocycles. The van der Waals surface area contributed by atoms with Gasteiger partial charge in [-0.3, -0.25) is 4.79 Å². The van der Waals surface area contributed by atoms with Crippen LogP contribution in [0, 0.1) is 0 Å². The number of carboxylic acid groups (broad SMARTS) is 1. The molecule has 1 rings (SSSR count). The molecule has 0 aliphatic heterocycles. The molecule has 0 radical (unpaired) electrons. The highest BCUT2D eigenvalue weighted by atomic mass is 16.5. The maximum absolute atomic E-state index is 12.2. The number of nitrogens with one attached hydrogen (secondary N) is 3. The third-order valence-corrected chi connectivity index (χ3v) is 3.92. The van der Waals surface area contributed by atoms with Gasteiger partial charge in [0, 0.05) is 13.5 Å². The van der Waals surface area contributed by atoms with Crippen molar-refractivity contribution in [3.8, 4) is 0 Å². The molecular formula is C16H28N6O7. The first-order valence-electron chi connectivity index (χ1n) is 9.08. The van der Waals surface area contributed by atoms with Crippen LogP contribution in [0.1, 0.15) is 56.9 Å². The van der Waals surface area contributed by atoms with E-state index < -0.39 is 42.8 Å². The number of nitrogens with zero attached hydrogens (tertiary/aromatic N) is 2. The maximum atomic E-state index is 12.2. The second-order valence-electron chi connectivity index (χ2n) is 6.49. The summed E-state index contributed by atoms with van der Waals surface area (Å²) in [5, 5.41) is 38.6. The number of aliphatic hydroxyl groups is 2. The average Bonchev–Trinajstić information content (AvgIpc) is 3.13. The van der Waals surface area contributed by atoms with E-state index in [0.717, 1.165) is 0 Å². The lowest BCUT2D eigenvalue weighted by atomic mass is 10.1. The van der Waals surface area contributed by atoms with Gasteiger partial charge in [0.05, 0.1) is 18.8 Å². The molecule has 29 heavy (non-hydrogen) atoms. The molecule has 13 heteroatoms. The van der Waals surface area contributed by atoms with Gasteiger partial charge in [0.25, 0.3) is 0 Å². The van der Waals surface area contributed by atoms with Gasteiger partial charge in [-0.05, 0) is 26.2 Å². The number of hydrogen-bond donors (Lipinski definition) is 7. The standard InChI is InChI=1S/C16H28N6O7/c1-8(24)12(15(26)27)20-16(28)19-11(5-3-4-6-18-9(2)25)14-21-13(22-29-14)10(17)7-23/h8,10-12,23-24H,3-7,17H2,1-2H3,(H,18,25)(H,26,27)(H2,19,20,28)/t8?,10-,11+,12?/m0/s1. The average molecular weight is 416 g/mol. The Kier molecular flexibility index (Phi) is 9.99. The molecule has 164 valence electrons. The summed E-state index contributed by atoms with van der Waals surface area (Å²) in [6.07, 6.45) is 0.206. The van der Waals surface area contributed by atoms with Crippen molar-refractivity contribution in [3.05, 3.63) is 11.7 Å². The van der Waals surface area contributed by atoms with Crippen LogP contribution in [0.25, 0.3) is 0 Å². The molecule has 13 nitrogen and oxygen atoms in total. The van der Waals surface area contributed by atoms with E-state index in [2.05, 4.69) is 26.1 Å². The largest absolute Gasteiger partial charge is 0.480 e. The minimum Gasteiger partial charge on any atom is -0.480 e. The summed E-state index contributed by atoms with van der Waals surface area (Å²) >= 11 is 0. The van der Waals surface area contributed by atoms with Crippen molar-refractivity contribution in [2.75, 3.05) is 13.2 Å². The van der Waals surface area contributed by atoms with Crippen molar-refractivity contribution >= 4 is 17.9 Å². The molecule has 0 spiro atoms. The molecule has 8 N–H and O–H groups in total. The summed E-state index contributed by atoms with van der Waals surface area (Å²) in [6.45, 7) is 2.68. The number of carbonyl (C=O) groups excluding carboxylic acids is 2. The zero-order chi connectivity index (χ0) is 22.0. The Morgan fingerprint density at radius 2 is 1.93 bits per heavy atom. The molecule has 0 aliphatic rings. The minimum absolute atomic E-state index is 0.0301. The SMILES string of the molecule is CC(=O)NCCCC[C@@H](NC(=O)NC(C(=O)O)C(C)O)c1nc([C@@H](N)CO)no1. The first kappa shape index (κ1) is 24.3. The highest BCUT2D eigenvalue weighted by Crippen LogP contribution is 2.19. The van der Waals surface area contributed by atoms with Gasteiger partial charge in [0.2, 0.25) is 11.8 Å². The fourth-order valence-electron chi connectivity index (χ4n) is 2.35. The second-order valence-corrected chi connectivity index (χ2v) is 6.49. The third-order valence-electron chi connectivity index (χ3n) is 3.92. The van der Waals surface area contributed by atoms with Gasteiger partial charge in [-0.25, -0.2) is 9.59 Å². The first-order valence-corrected chi connectivity index (χ1v) is 9.08. The normalized spacial score (nSPS) is 15.1. The van der Waals surface area contributed by atoms with Crippen molar-refractivity contribution in [3.63, 3.8) is 0 Å². The Morgan fingerprint density at radius 3 is 2.48 bits per heavy atom. The number of rotatable bonds is 12. The van der Waals surface area contributed by atoms with Crippen LogP contribution in [-0.4, -0.2) is 68.7 Å². The van der Waals surface area contributed by atoms with Crippen LogP contribution in [0.3, 0.4) is 0 Å². The van der Waals surface area contributed by atoms with E-state index in [-0.39, 0.29) is 17.6 Å². The van der Waals surface area contributed by atoms with E-state index in [1.807, 2.05) is 0 Å². The molecule has 0 fully saturated rings. The Labute approximate surface area is 167 Å². The zero-order valence-corrected chi connectivity index (χ0v) is 16.3. The number of amides is 3. The van der Waals surface area contributed by atoms with Gasteiger partial charge in [-0.15, -0.1) is 0 Å². The quantitative estimate of drug-likeness (QED) is 0.197. The molecule has 3 amide bonds. The lowest BCUT2D eigenvalue weighted by molar-refractivity contribution is -0.141. The van der Waals surface area contributed by atoms with Gasteiger partial charge in [-0.1, -0.05) is 5.16 Å². The number of unbranched alkanes of at least 4 members (excludes halogenated alkanes) is 1. The highest BCUT2D eigenvalue weighted by molar-refractivity contribution is 5.83. The van der Waals surface area contributed by atoms with Crippen molar-refractivity contribution in [1.82, 2.24) is 26.1 Å². The first-order chi connectivity index (χ1) is 13.6. The monoisotopic (exact) mass is 416 g/mol.